The summed E-state index contributed by atoms with van der Waals surface area (Å²) in [4.78, 5) is 3.44. The van der Waals surface area contributed by atoms with Gasteiger partial charge in [-0.1, -0.05) is 35.3 Å². The third kappa shape index (κ3) is 4.48. The number of aliphatic hydroxyl groups is 1. The topological polar surface area (TPSA) is 23.5 Å². The molecule has 0 fully saturated rings. The molecule has 0 aliphatic rings. The van der Waals surface area contributed by atoms with Gasteiger partial charge in [0.25, 0.3) is 0 Å². The molecule has 1 heterocycles. The van der Waals surface area contributed by atoms with E-state index in [-0.39, 0.29) is 6.61 Å². The Labute approximate surface area is 127 Å². The van der Waals surface area contributed by atoms with Crippen LogP contribution in [0.4, 0.5) is 0 Å². The predicted molar refractivity (Wildman–Crippen MR) is 82.0 cm³/mol. The van der Waals surface area contributed by atoms with Gasteiger partial charge in [0.1, 0.15) is 0 Å². The van der Waals surface area contributed by atoms with Crippen LogP contribution in [-0.2, 0) is 13.1 Å². The molecular formula is C14H15Cl2NOS. The standard InChI is InChI=1S/C14H15Cl2NOS/c15-12-4-3-11(14(16)8-12)9-17(5-6-18)10-13-2-1-7-19-13/h1-4,7-8,18H,5-6,9-10H2. The summed E-state index contributed by atoms with van der Waals surface area (Å²) in [6.45, 7) is 2.28. The lowest BCUT2D eigenvalue weighted by Crippen LogP contribution is -2.25. The van der Waals surface area contributed by atoms with Gasteiger partial charge in [0, 0.05) is 34.6 Å². The first-order chi connectivity index (χ1) is 9.19. The number of thiophene rings is 1. The van der Waals surface area contributed by atoms with E-state index in [1.807, 2.05) is 18.2 Å². The number of benzene rings is 1. The summed E-state index contributed by atoms with van der Waals surface area (Å²) in [7, 11) is 0. The van der Waals surface area contributed by atoms with E-state index in [1.165, 1.54) is 4.88 Å². The molecule has 1 N–H and O–H groups in total. The fraction of sp³-hybridized carbons (Fsp3) is 0.286. The Bertz CT molecular complexity index is 516. The van der Waals surface area contributed by atoms with Gasteiger partial charge in [-0.25, -0.2) is 0 Å². The van der Waals surface area contributed by atoms with Crippen molar-refractivity contribution >= 4 is 34.5 Å². The normalized spacial score (nSPS) is 11.2. The van der Waals surface area contributed by atoms with E-state index < -0.39 is 0 Å². The zero-order chi connectivity index (χ0) is 13.7. The first-order valence-electron chi connectivity index (χ1n) is 5.98. The van der Waals surface area contributed by atoms with Crippen LogP contribution >= 0.6 is 34.5 Å². The van der Waals surface area contributed by atoms with E-state index in [0.717, 1.165) is 12.1 Å². The van der Waals surface area contributed by atoms with Gasteiger partial charge in [-0.15, -0.1) is 11.3 Å². The van der Waals surface area contributed by atoms with E-state index >= 15 is 0 Å². The average molecular weight is 316 g/mol. The van der Waals surface area contributed by atoms with Crippen LogP contribution in [0, 0.1) is 0 Å². The van der Waals surface area contributed by atoms with Crippen LogP contribution < -0.4 is 0 Å². The summed E-state index contributed by atoms with van der Waals surface area (Å²) in [6.07, 6.45) is 0. The maximum atomic E-state index is 9.16. The minimum absolute atomic E-state index is 0.136. The molecule has 19 heavy (non-hydrogen) atoms. The number of hydrogen-bond acceptors (Lipinski definition) is 3. The number of nitrogens with zero attached hydrogens (tertiary/aromatic N) is 1. The van der Waals surface area contributed by atoms with E-state index in [4.69, 9.17) is 28.3 Å². The van der Waals surface area contributed by atoms with Crippen molar-refractivity contribution in [3.8, 4) is 0 Å². The maximum Gasteiger partial charge on any atom is 0.0558 e. The van der Waals surface area contributed by atoms with Gasteiger partial charge in [0.2, 0.25) is 0 Å². The Kier molecular flexibility index (Phi) is 5.67. The van der Waals surface area contributed by atoms with Gasteiger partial charge in [-0.3, -0.25) is 4.90 Å². The zero-order valence-corrected chi connectivity index (χ0v) is 12.7. The average Bonchev–Trinajstić information content (AvgIpc) is 2.86. The Morgan fingerprint density at radius 2 is 2.00 bits per heavy atom. The maximum absolute atomic E-state index is 9.16. The second kappa shape index (κ2) is 7.27. The highest BCUT2D eigenvalue weighted by Gasteiger charge is 2.10. The van der Waals surface area contributed by atoms with E-state index in [1.54, 1.807) is 17.4 Å². The van der Waals surface area contributed by atoms with E-state index in [0.29, 0.717) is 23.1 Å². The van der Waals surface area contributed by atoms with Crippen LogP contribution in [0.25, 0.3) is 0 Å². The molecule has 2 aromatic rings. The minimum atomic E-state index is 0.136. The van der Waals surface area contributed by atoms with Gasteiger partial charge in [-0.2, -0.15) is 0 Å². The highest BCUT2D eigenvalue weighted by atomic mass is 35.5. The molecule has 0 aliphatic heterocycles. The summed E-state index contributed by atoms with van der Waals surface area (Å²) >= 11 is 13.8. The highest BCUT2D eigenvalue weighted by Crippen LogP contribution is 2.23. The molecule has 102 valence electrons. The van der Waals surface area contributed by atoms with Crippen LogP contribution in [0.5, 0.6) is 0 Å². The Morgan fingerprint density at radius 1 is 1.16 bits per heavy atom. The van der Waals surface area contributed by atoms with Crippen molar-refractivity contribution in [1.29, 1.82) is 0 Å². The number of halogens is 2. The Morgan fingerprint density at radius 3 is 2.63 bits per heavy atom. The van der Waals surface area contributed by atoms with Crippen molar-refractivity contribution in [1.82, 2.24) is 4.90 Å². The van der Waals surface area contributed by atoms with E-state index in [9.17, 15) is 0 Å². The molecule has 2 rings (SSSR count). The lowest BCUT2D eigenvalue weighted by atomic mass is 10.2. The largest absolute Gasteiger partial charge is 0.395 e. The van der Waals surface area contributed by atoms with Gasteiger partial charge in [0.05, 0.1) is 6.61 Å². The van der Waals surface area contributed by atoms with Crippen molar-refractivity contribution in [2.45, 2.75) is 13.1 Å². The molecule has 5 heteroatoms. The summed E-state index contributed by atoms with van der Waals surface area (Å²) in [5.74, 6) is 0. The lowest BCUT2D eigenvalue weighted by Gasteiger charge is -2.21. The minimum Gasteiger partial charge on any atom is -0.395 e. The SMILES string of the molecule is OCCN(Cc1cccs1)Cc1ccc(Cl)cc1Cl. The molecule has 1 aromatic carbocycles. The first kappa shape index (κ1) is 14.8. The lowest BCUT2D eigenvalue weighted by molar-refractivity contribution is 0.185. The summed E-state index contributed by atoms with van der Waals surface area (Å²) in [5, 5.41) is 12.5. The quantitative estimate of drug-likeness (QED) is 0.869. The fourth-order valence-electron chi connectivity index (χ4n) is 1.87. The summed E-state index contributed by atoms with van der Waals surface area (Å²) in [5.41, 5.74) is 1.02. The molecule has 0 bridgehead atoms. The smallest absolute Gasteiger partial charge is 0.0558 e. The molecule has 0 aliphatic carbocycles. The van der Waals surface area contributed by atoms with Gasteiger partial charge in [-0.05, 0) is 29.1 Å². The van der Waals surface area contributed by atoms with Gasteiger partial charge >= 0.3 is 0 Å². The fourth-order valence-corrected chi connectivity index (χ4v) is 3.08. The van der Waals surface area contributed by atoms with Crippen LogP contribution in [0.2, 0.25) is 10.0 Å². The van der Waals surface area contributed by atoms with Crippen molar-refractivity contribution in [3.63, 3.8) is 0 Å². The van der Waals surface area contributed by atoms with Crippen molar-refractivity contribution < 1.29 is 5.11 Å². The molecular weight excluding hydrogens is 301 g/mol. The summed E-state index contributed by atoms with van der Waals surface area (Å²) < 4.78 is 0. The molecule has 0 saturated heterocycles. The number of aliphatic hydroxyl groups excluding tert-OH is 1. The van der Waals surface area contributed by atoms with E-state index in [2.05, 4.69) is 16.3 Å². The molecule has 0 saturated carbocycles. The highest BCUT2D eigenvalue weighted by molar-refractivity contribution is 7.09. The zero-order valence-electron chi connectivity index (χ0n) is 10.4. The van der Waals surface area contributed by atoms with Crippen LogP contribution in [-0.4, -0.2) is 23.2 Å². The van der Waals surface area contributed by atoms with Crippen LogP contribution in [0.1, 0.15) is 10.4 Å². The summed E-state index contributed by atoms with van der Waals surface area (Å²) in [6, 6.07) is 9.65. The first-order valence-corrected chi connectivity index (χ1v) is 7.62. The molecule has 0 radical (unpaired) electrons. The molecule has 0 spiro atoms. The van der Waals surface area contributed by atoms with Gasteiger partial charge in [0.15, 0.2) is 0 Å². The molecule has 1 aromatic heterocycles. The Hall–Kier alpha value is -0.580. The second-order valence-electron chi connectivity index (χ2n) is 4.25. The predicted octanol–water partition coefficient (Wildman–Crippen LogP) is 4.05. The third-order valence-electron chi connectivity index (χ3n) is 2.78. The molecule has 0 unspecified atom stereocenters. The monoisotopic (exact) mass is 315 g/mol. The van der Waals surface area contributed by atoms with Crippen molar-refractivity contribution in [2.24, 2.45) is 0 Å². The van der Waals surface area contributed by atoms with Gasteiger partial charge < -0.3 is 5.11 Å². The number of hydrogen-bond donors (Lipinski definition) is 1. The Balaban J connectivity index is 2.07. The third-order valence-corrected chi connectivity index (χ3v) is 4.23. The number of rotatable bonds is 6. The molecule has 0 atom stereocenters. The molecule has 0 amide bonds. The molecule has 2 nitrogen and oxygen atoms in total. The van der Waals surface area contributed by atoms with Crippen molar-refractivity contribution in [3.05, 3.63) is 56.2 Å². The van der Waals surface area contributed by atoms with Crippen LogP contribution in [0.3, 0.4) is 0 Å². The second-order valence-corrected chi connectivity index (χ2v) is 6.13. The van der Waals surface area contributed by atoms with Crippen molar-refractivity contribution in [2.75, 3.05) is 13.2 Å². The van der Waals surface area contributed by atoms with Crippen LogP contribution in [0.15, 0.2) is 35.7 Å².